The first-order chi connectivity index (χ1) is 15.4. The van der Waals surface area contributed by atoms with Gasteiger partial charge in [0.15, 0.2) is 0 Å². The first kappa shape index (κ1) is 26.5. The average molecular weight is 478 g/mol. The quantitative estimate of drug-likeness (QED) is 0.570. The van der Waals surface area contributed by atoms with Crippen LogP contribution in [0.2, 0.25) is 0 Å². The van der Waals surface area contributed by atoms with Gasteiger partial charge in [-0.3, -0.25) is 9.59 Å². The minimum atomic E-state index is -3.90. The maximum Gasteiger partial charge on any atom is 0.243 e. The number of likely N-dealkylation sites (N-methyl/N-ethyl adjacent to an activating group) is 1. The Labute approximate surface area is 195 Å². The minimum absolute atomic E-state index is 0.0344. The van der Waals surface area contributed by atoms with E-state index >= 15 is 0 Å². The summed E-state index contributed by atoms with van der Waals surface area (Å²) in [7, 11) is -2.57. The number of aryl methyl sites for hydroxylation is 1. The number of nitrogens with zero attached hydrogens (tertiary/aromatic N) is 2. The molecular weight excluding hydrogens is 445 g/mol. The molecule has 0 aromatic heterocycles. The van der Waals surface area contributed by atoms with E-state index in [1.807, 2.05) is 20.8 Å². The highest BCUT2D eigenvalue weighted by molar-refractivity contribution is 7.89. The monoisotopic (exact) mass is 477 g/mol. The van der Waals surface area contributed by atoms with Gasteiger partial charge >= 0.3 is 0 Å². The summed E-state index contributed by atoms with van der Waals surface area (Å²) in [6, 6.07) is 11.0. The molecule has 0 saturated heterocycles. The molecule has 0 saturated carbocycles. The molecule has 9 heteroatoms. The Morgan fingerprint density at radius 2 is 1.61 bits per heavy atom. The van der Waals surface area contributed by atoms with Gasteiger partial charge in [0.2, 0.25) is 21.8 Å². The third-order valence-corrected chi connectivity index (χ3v) is 7.34. The fourth-order valence-electron chi connectivity index (χ4n) is 3.09. The summed E-state index contributed by atoms with van der Waals surface area (Å²) >= 11 is 0. The fourth-order valence-corrected chi connectivity index (χ4v) is 4.21. The molecule has 2 rings (SSSR count). The van der Waals surface area contributed by atoms with E-state index < -0.39 is 34.3 Å². The molecule has 0 heterocycles. The van der Waals surface area contributed by atoms with Crippen LogP contribution in [0.3, 0.4) is 0 Å². The zero-order chi connectivity index (χ0) is 24.8. The van der Waals surface area contributed by atoms with Gasteiger partial charge < -0.3 is 10.2 Å². The zero-order valence-corrected chi connectivity index (χ0v) is 20.5. The van der Waals surface area contributed by atoms with Crippen molar-refractivity contribution >= 4 is 21.8 Å². The van der Waals surface area contributed by atoms with Crippen LogP contribution in [0, 0.1) is 12.7 Å². The van der Waals surface area contributed by atoms with E-state index in [2.05, 4.69) is 5.32 Å². The molecule has 0 aliphatic carbocycles. The molecule has 0 aliphatic heterocycles. The van der Waals surface area contributed by atoms with Crippen LogP contribution >= 0.6 is 0 Å². The molecule has 2 amide bonds. The van der Waals surface area contributed by atoms with Crippen molar-refractivity contribution in [2.45, 2.75) is 57.6 Å². The molecule has 33 heavy (non-hydrogen) atoms. The summed E-state index contributed by atoms with van der Waals surface area (Å²) in [5.41, 5.74) is 1.54. The van der Waals surface area contributed by atoms with E-state index in [4.69, 9.17) is 0 Å². The van der Waals surface area contributed by atoms with Gasteiger partial charge in [-0.05, 0) is 57.0 Å². The second-order valence-corrected chi connectivity index (χ2v) is 10.3. The molecule has 2 unspecified atom stereocenters. The predicted molar refractivity (Wildman–Crippen MR) is 125 cm³/mol. The number of hydrogen-bond acceptors (Lipinski definition) is 4. The van der Waals surface area contributed by atoms with E-state index in [9.17, 15) is 22.4 Å². The number of benzene rings is 2. The van der Waals surface area contributed by atoms with Crippen molar-refractivity contribution in [1.82, 2.24) is 14.5 Å². The lowest BCUT2D eigenvalue weighted by Crippen LogP contribution is -2.51. The standard InChI is InChI=1S/C24H32FN3O4S/c1-6-18(3)26-24(30)19(4)28(15-20-9-11-21(25)12-10-20)23(29)16-27(5)33(31,32)22-13-7-17(2)8-14-22/h7-14,18-19H,6,15-16H2,1-5H3,(H,26,30). The molecular formula is C24H32FN3O4S. The van der Waals surface area contributed by atoms with Crippen LogP contribution in [-0.2, 0) is 26.2 Å². The molecule has 2 atom stereocenters. The average Bonchev–Trinajstić information content (AvgIpc) is 2.78. The van der Waals surface area contributed by atoms with Crippen LogP contribution in [0.5, 0.6) is 0 Å². The molecule has 0 radical (unpaired) electrons. The smallest absolute Gasteiger partial charge is 0.243 e. The molecule has 2 aromatic carbocycles. The number of amides is 2. The number of hydrogen-bond donors (Lipinski definition) is 1. The van der Waals surface area contributed by atoms with Crippen LogP contribution in [0.15, 0.2) is 53.4 Å². The Kier molecular flexibility index (Phi) is 9.13. The van der Waals surface area contributed by atoms with Gasteiger partial charge in [0.05, 0.1) is 11.4 Å². The van der Waals surface area contributed by atoms with Crippen molar-refractivity contribution in [3.63, 3.8) is 0 Å². The Morgan fingerprint density at radius 1 is 1.03 bits per heavy atom. The minimum Gasteiger partial charge on any atom is -0.352 e. The van der Waals surface area contributed by atoms with Crippen molar-refractivity contribution < 1.29 is 22.4 Å². The molecule has 2 aromatic rings. The number of sulfonamides is 1. The number of nitrogens with one attached hydrogen (secondary N) is 1. The van der Waals surface area contributed by atoms with Crippen LogP contribution < -0.4 is 5.32 Å². The number of carbonyl (C=O) groups excluding carboxylic acids is 2. The molecule has 0 aliphatic rings. The van der Waals surface area contributed by atoms with E-state index in [1.54, 1.807) is 19.1 Å². The lowest BCUT2D eigenvalue weighted by molar-refractivity contribution is -0.140. The number of rotatable bonds is 10. The van der Waals surface area contributed by atoms with Gasteiger partial charge in [0.1, 0.15) is 11.9 Å². The van der Waals surface area contributed by atoms with Crippen molar-refractivity contribution in [2.24, 2.45) is 0 Å². The van der Waals surface area contributed by atoms with Crippen LogP contribution in [0.1, 0.15) is 38.3 Å². The maximum absolute atomic E-state index is 13.3. The van der Waals surface area contributed by atoms with Gasteiger partial charge in [0.25, 0.3) is 0 Å². The summed E-state index contributed by atoms with van der Waals surface area (Å²) in [6.07, 6.45) is 0.724. The molecule has 1 N–H and O–H groups in total. The lowest BCUT2D eigenvalue weighted by Gasteiger charge is -2.31. The number of carbonyl (C=O) groups is 2. The van der Waals surface area contributed by atoms with E-state index in [0.29, 0.717) is 5.56 Å². The summed E-state index contributed by atoms with van der Waals surface area (Å²) in [5, 5.41) is 2.85. The summed E-state index contributed by atoms with van der Waals surface area (Å²) in [5.74, 6) is -1.30. The molecule has 0 fully saturated rings. The topological polar surface area (TPSA) is 86.8 Å². The van der Waals surface area contributed by atoms with Crippen molar-refractivity contribution in [3.8, 4) is 0 Å². The molecule has 180 valence electrons. The lowest BCUT2D eigenvalue weighted by atomic mass is 10.1. The first-order valence-electron chi connectivity index (χ1n) is 10.8. The Morgan fingerprint density at radius 3 is 2.15 bits per heavy atom. The van der Waals surface area contributed by atoms with E-state index in [-0.39, 0.29) is 23.4 Å². The summed E-state index contributed by atoms with van der Waals surface area (Å²) in [6.45, 7) is 6.82. The third-order valence-electron chi connectivity index (χ3n) is 5.52. The Hall–Kier alpha value is -2.78. The highest BCUT2D eigenvalue weighted by atomic mass is 32.2. The first-order valence-corrected chi connectivity index (χ1v) is 12.3. The highest BCUT2D eigenvalue weighted by Crippen LogP contribution is 2.17. The second kappa shape index (κ2) is 11.4. The van der Waals surface area contributed by atoms with Gasteiger partial charge in [0, 0.05) is 19.6 Å². The van der Waals surface area contributed by atoms with Gasteiger partial charge in [-0.2, -0.15) is 4.31 Å². The SMILES string of the molecule is CCC(C)NC(=O)C(C)N(Cc1ccc(F)cc1)C(=O)CN(C)S(=O)(=O)c1ccc(C)cc1. The second-order valence-electron chi connectivity index (χ2n) is 8.22. The molecule has 0 spiro atoms. The third kappa shape index (κ3) is 7.10. The van der Waals surface area contributed by atoms with Crippen molar-refractivity contribution in [3.05, 3.63) is 65.5 Å². The highest BCUT2D eigenvalue weighted by Gasteiger charge is 2.30. The van der Waals surface area contributed by atoms with E-state index in [0.717, 1.165) is 16.3 Å². The summed E-state index contributed by atoms with van der Waals surface area (Å²) in [4.78, 5) is 27.4. The van der Waals surface area contributed by atoms with Crippen molar-refractivity contribution in [2.75, 3.05) is 13.6 Å². The van der Waals surface area contributed by atoms with Crippen LogP contribution in [0.4, 0.5) is 4.39 Å². The fraction of sp³-hybridized carbons (Fsp3) is 0.417. The van der Waals surface area contributed by atoms with Gasteiger partial charge in [-0.1, -0.05) is 36.8 Å². The van der Waals surface area contributed by atoms with Gasteiger partial charge in [-0.15, -0.1) is 0 Å². The Balaban J connectivity index is 2.26. The van der Waals surface area contributed by atoms with Crippen LogP contribution in [0.25, 0.3) is 0 Å². The number of halogens is 1. The predicted octanol–water partition coefficient (Wildman–Crippen LogP) is 3.09. The van der Waals surface area contributed by atoms with Crippen molar-refractivity contribution in [1.29, 1.82) is 0 Å². The molecule has 7 nitrogen and oxygen atoms in total. The van der Waals surface area contributed by atoms with Gasteiger partial charge in [-0.25, -0.2) is 12.8 Å². The van der Waals surface area contributed by atoms with Crippen LogP contribution in [-0.4, -0.2) is 55.1 Å². The maximum atomic E-state index is 13.3. The summed E-state index contributed by atoms with van der Waals surface area (Å²) < 4.78 is 40.1. The largest absolute Gasteiger partial charge is 0.352 e. The zero-order valence-electron chi connectivity index (χ0n) is 19.7. The normalized spacial score (nSPS) is 13.4. The Bertz CT molecular complexity index is 1060. The molecule has 0 bridgehead atoms. The van der Waals surface area contributed by atoms with E-state index in [1.165, 1.54) is 48.3 Å².